The van der Waals surface area contributed by atoms with E-state index in [0.717, 1.165) is 33.4 Å². The van der Waals surface area contributed by atoms with Crippen molar-refractivity contribution in [3.8, 4) is 0 Å². The Morgan fingerprint density at radius 1 is 0.830 bits per heavy atom. The molecule has 11 heteroatoms. The summed E-state index contributed by atoms with van der Waals surface area (Å²) < 4.78 is 12.6. The number of rotatable bonds is 10. The number of carbonyl (C=O) groups is 4. The molecule has 0 atom stereocenters. The summed E-state index contributed by atoms with van der Waals surface area (Å²) in [5.41, 5.74) is 7.90. The van der Waals surface area contributed by atoms with Gasteiger partial charge in [-0.2, -0.15) is 0 Å². The monoisotopic (exact) mass is 640 g/mol. The quantitative estimate of drug-likeness (QED) is 0.335. The number of ether oxygens (including phenoxy) is 2. The molecule has 3 aromatic rings. The molecule has 0 fully saturated rings. The van der Waals surface area contributed by atoms with Gasteiger partial charge in [-0.25, -0.2) is 14.4 Å². The molecule has 0 saturated heterocycles. The standard InChI is InChI=1S/C36H40N4O7/c1-9-22-20(5)34(43)38-27(22)15-26-18(3)24(11-13-32(41)46-7)28(37-26)16-30-25(12-14-33(42)47-8)19(4)29-17-31-23(10-2)21(6)35(44)40(31)36(45)39(29)30/h15-17,37H,9-14H2,1-8H3/b26-15-,28-16-. The van der Waals surface area contributed by atoms with E-state index in [2.05, 4.69) is 9.98 Å². The number of aliphatic imine (C=N–C) groups is 1. The highest BCUT2D eigenvalue weighted by Crippen LogP contribution is 2.32. The number of hydrogen-bond acceptors (Lipinski definition) is 7. The first-order valence-corrected chi connectivity index (χ1v) is 15.8. The van der Waals surface area contributed by atoms with Gasteiger partial charge in [0, 0.05) is 34.7 Å². The Morgan fingerprint density at radius 2 is 1.45 bits per heavy atom. The van der Waals surface area contributed by atoms with E-state index in [-0.39, 0.29) is 36.6 Å². The van der Waals surface area contributed by atoms with Crippen LogP contribution in [0.5, 0.6) is 0 Å². The molecule has 0 unspecified atom stereocenters. The summed E-state index contributed by atoms with van der Waals surface area (Å²) in [6, 6.07) is 1.87. The fraction of sp³-hybridized carbons (Fsp3) is 0.389. The van der Waals surface area contributed by atoms with Crippen molar-refractivity contribution in [1.82, 2.24) is 14.0 Å². The van der Waals surface area contributed by atoms with Crippen molar-refractivity contribution in [2.45, 2.75) is 80.1 Å². The van der Waals surface area contributed by atoms with E-state index in [1.807, 2.05) is 45.9 Å². The third kappa shape index (κ3) is 5.64. The number of aryl methyl sites for hydroxylation is 1. The third-order valence-corrected chi connectivity index (χ3v) is 9.45. The number of amides is 1. The number of nitrogens with zero attached hydrogens (tertiary/aromatic N) is 3. The van der Waals surface area contributed by atoms with E-state index in [4.69, 9.17) is 9.47 Å². The summed E-state index contributed by atoms with van der Waals surface area (Å²) in [4.78, 5) is 72.2. The van der Waals surface area contributed by atoms with Crippen molar-refractivity contribution in [1.29, 1.82) is 0 Å². The molecule has 1 amide bonds. The van der Waals surface area contributed by atoms with Crippen LogP contribution in [0.3, 0.4) is 0 Å². The second-order valence-electron chi connectivity index (χ2n) is 11.9. The molecule has 0 bridgehead atoms. The number of aromatic amines is 1. The number of carbonyl (C=O) groups excluding carboxylic acids is 4. The van der Waals surface area contributed by atoms with Crippen LogP contribution in [-0.2, 0) is 36.7 Å². The van der Waals surface area contributed by atoms with Gasteiger partial charge in [0.2, 0.25) is 0 Å². The highest BCUT2D eigenvalue weighted by Gasteiger charge is 2.30. The summed E-state index contributed by atoms with van der Waals surface area (Å²) in [6.45, 7) is 11.3. The van der Waals surface area contributed by atoms with Crippen molar-refractivity contribution < 1.29 is 28.7 Å². The third-order valence-electron chi connectivity index (χ3n) is 9.45. The van der Waals surface area contributed by atoms with Crippen LogP contribution in [0.4, 0.5) is 0 Å². The van der Waals surface area contributed by atoms with Gasteiger partial charge in [-0.3, -0.25) is 23.6 Å². The highest BCUT2D eigenvalue weighted by atomic mass is 16.5. The average Bonchev–Trinajstić information content (AvgIpc) is 3.68. The smallest absolute Gasteiger partial charge is 0.340 e. The topological polar surface area (TPSA) is 141 Å². The van der Waals surface area contributed by atoms with Gasteiger partial charge in [0.25, 0.3) is 11.8 Å². The lowest BCUT2D eigenvalue weighted by atomic mass is 10.0. The van der Waals surface area contributed by atoms with Crippen LogP contribution < -0.4 is 16.4 Å². The van der Waals surface area contributed by atoms with E-state index in [9.17, 15) is 24.0 Å². The Morgan fingerprint density at radius 3 is 2.04 bits per heavy atom. The minimum Gasteiger partial charge on any atom is -0.469 e. The minimum atomic E-state index is -0.498. The molecule has 0 radical (unpaired) electrons. The SMILES string of the molecule is CCC1=C(C)C(=O)N=C1/C=c1\[nH]/c(=C\c2c(CCC(=O)OC)c(C)c3cc4n(c(=O)n23)C(=O)C(C)=C4CC)c(CCC(=O)OC)c1C. The maximum Gasteiger partial charge on any atom is 0.340 e. The first-order valence-electron chi connectivity index (χ1n) is 15.8. The van der Waals surface area contributed by atoms with Crippen LogP contribution in [0.1, 0.15) is 91.8 Å². The molecule has 246 valence electrons. The van der Waals surface area contributed by atoms with Gasteiger partial charge in [-0.1, -0.05) is 13.8 Å². The van der Waals surface area contributed by atoms with Gasteiger partial charge in [0.05, 0.1) is 36.8 Å². The lowest BCUT2D eigenvalue weighted by Gasteiger charge is -2.08. The fourth-order valence-electron chi connectivity index (χ4n) is 6.72. The van der Waals surface area contributed by atoms with Crippen molar-refractivity contribution >= 4 is 52.7 Å². The van der Waals surface area contributed by atoms with E-state index in [1.54, 1.807) is 13.8 Å². The zero-order valence-corrected chi connectivity index (χ0v) is 28.2. The summed E-state index contributed by atoms with van der Waals surface area (Å²) in [5.74, 6) is -1.38. The minimum absolute atomic E-state index is 0.0889. The molecule has 0 spiro atoms. The second-order valence-corrected chi connectivity index (χ2v) is 11.9. The van der Waals surface area contributed by atoms with E-state index in [0.29, 0.717) is 70.1 Å². The van der Waals surface area contributed by atoms with Crippen molar-refractivity contribution in [2.24, 2.45) is 4.99 Å². The molecule has 0 aliphatic carbocycles. The molecule has 3 aromatic heterocycles. The summed E-state index contributed by atoms with van der Waals surface area (Å²) in [6.07, 6.45) is 5.74. The zero-order chi connectivity index (χ0) is 34.3. The largest absolute Gasteiger partial charge is 0.469 e. The van der Waals surface area contributed by atoms with Gasteiger partial charge < -0.3 is 14.5 Å². The summed E-state index contributed by atoms with van der Waals surface area (Å²) in [7, 11) is 2.67. The molecule has 5 heterocycles. The Hall–Kier alpha value is -5.06. The van der Waals surface area contributed by atoms with Gasteiger partial charge in [0.1, 0.15) is 0 Å². The number of esters is 2. The van der Waals surface area contributed by atoms with Crippen LogP contribution in [0.15, 0.2) is 32.6 Å². The number of H-pyrrole nitrogens is 1. The Kier molecular flexibility index (Phi) is 9.20. The number of aromatic nitrogens is 3. The van der Waals surface area contributed by atoms with Gasteiger partial charge in [-0.15, -0.1) is 0 Å². The van der Waals surface area contributed by atoms with Gasteiger partial charge >= 0.3 is 17.6 Å². The van der Waals surface area contributed by atoms with Crippen LogP contribution in [-0.4, -0.2) is 57.6 Å². The molecule has 47 heavy (non-hydrogen) atoms. The lowest BCUT2D eigenvalue weighted by molar-refractivity contribution is -0.141. The molecule has 1 N–H and O–H groups in total. The van der Waals surface area contributed by atoms with E-state index < -0.39 is 5.69 Å². The molecule has 2 aliphatic heterocycles. The normalized spacial score (nSPS) is 15.4. The maximum absolute atomic E-state index is 14.2. The number of methoxy groups -OCH3 is 2. The number of allylic oxidation sites excluding steroid dienone is 3. The average molecular weight is 641 g/mol. The fourth-order valence-corrected chi connectivity index (χ4v) is 6.72. The number of fused-ring (bicyclic) bond motifs is 2. The predicted octanol–water partition coefficient (Wildman–Crippen LogP) is 3.41. The van der Waals surface area contributed by atoms with Crippen molar-refractivity contribution in [3.63, 3.8) is 0 Å². The van der Waals surface area contributed by atoms with E-state index in [1.165, 1.54) is 23.2 Å². The lowest BCUT2D eigenvalue weighted by Crippen LogP contribution is -2.31. The van der Waals surface area contributed by atoms with Crippen LogP contribution in [0.25, 0.3) is 23.2 Å². The Labute approximate surface area is 272 Å². The maximum atomic E-state index is 14.2. The second kappa shape index (κ2) is 13.0. The molecule has 0 aromatic carbocycles. The Bertz CT molecular complexity index is 2170. The summed E-state index contributed by atoms with van der Waals surface area (Å²) >= 11 is 0. The Balaban J connectivity index is 1.83. The molecule has 2 aliphatic rings. The molecule has 0 saturated carbocycles. The predicted molar refractivity (Wildman–Crippen MR) is 179 cm³/mol. The van der Waals surface area contributed by atoms with Crippen LogP contribution >= 0.6 is 0 Å². The molecule has 11 nitrogen and oxygen atoms in total. The van der Waals surface area contributed by atoms with Crippen LogP contribution in [0.2, 0.25) is 0 Å². The number of nitrogens with one attached hydrogen (secondary N) is 1. The zero-order valence-electron chi connectivity index (χ0n) is 28.2. The first kappa shape index (κ1) is 33.3. The van der Waals surface area contributed by atoms with Crippen molar-refractivity contribution in [2.75, 3.05) is 14.2 Å². The van der Waals surface area contributed by atoms with Crippen molar-refractivity contribution in [3.05, 3.63) is 77.6 Å². The highest BCUT2D eigenvalue weighted by molar-refractivity contribution is 6.30. The number of hydrogen-bond donors (Lipinski definition) is 1. The van der Waals surface area contributed by atoms with Gasteiger partial charge in [0.15, 0.2) is 0 Å². The first-order chi connectivity index (χ1) is 22.4. The molecular weight excluding hydrogens is 600 g/mol. The summed E-state index contributed by atoms with van der Waals surface area (Å²) in [5, 5.41) is 1.34. The van der Waals surface area contributed by atoms with Gasteiger partial charge in [-0.05, 0) is 105 Å². The molecule has 5 rings (SSSR count). The van der Waals surface area contributed by atoms with Crippen LogP contribution in [0, 0.1) is 13.8 Å². The van der Waals surface area contributed by atoms with E-state index >= 15 is 0 Å². The molecular formula is C36H40N4O7.